The van der Waals surface area contributed by atoms with E-state index in [-0.39, 0.29) is 6.04 Å². The molecule has 1 atom stereocenters. The molecule has 2 nitrogen and oxygen atoms in total. The largest absolute Gasteiger partial charge is 0.302 e. The van der Waals surface area contributed by atoms with Crippen molar-refractivity contribution >= 4 is 6.29 Å². The molecule has 0 unspecified atom stereocenters. The van der Waals surface area contributed by atoms with Crippen LogP contribution >= 0.6 is 0 Å². The molecule has 13 heavy (non-hydrogen) atoms. The minimum absolute atomic E-state index is 0.226. The highest BCUT2D eigenvalue weighted by molar-refractivity contribution is 5.57. The molecule has 0 aromatic heterocycles. The Bertz CT molecular complexity index is 123. The molecule has 0 saturated carbocycles. The smallest absolute Gasteiger partial charge is 0.137 e. The average Bonchev–Trinajstić information content (AvgIpc) is 2.22. The van der Waals surface area contributed by atoms with E-state index in [1.807, 2.05) is 13.8 Å². The SMILES string of the molecule is CC.CCCN1CCCC[C@H]1C=O. The van der Waals surface area contributed by atoms with Gasteiger partial charge in [-0.15, -0.1) is 0 Å². The molecule has 1 aliphatic heterocycles. The highest BCUT2D eigenvalue weighted by atomic mass is 16.1. The Morgan fingerprint density at radius 2 is 2.08 bits per heavy atom. The standard InChI is InChI=1S/C9H17NO.C2H6/c1-2-6-10-7-4-3-5-9(10)8-11;1-2/h8-9H,2-7H2,1H3;1-2H3/t9-;/m0./s1. The summed E-state index contributed by atoms with van der Waals surface area (Å²) in [4.78, 5) is 12.9. The van der Waals surface area contributed by atoms with E-state index in [2.05, 4.69) is 11.8 Å². The van der Waals surface area contributed by atoms with Gasteiger partial charge in [0.1, 0.15) is 6.29 Å². The van der Waals surface area contributed by atoms with Gasteiger partial charge in [0, 0.05) is 0 Å². The van der Waals surface area contributed by atoms with Gasteiger partial charge in [-0.25, -0.2) is 0 Å². The van der Waals surface area contributed by atoms with Crippen LogP contribution < -0.4 is 0 Å². The van der Waals surface area contributed by atoms with Gasteiger partial charge in [-0.2, -0.15) is 0 Å². The van der Waals surface area contributed by atoms with Crippen molar-refractivity contribution in [1.29, 1.82) is 0 Å². The van der Waals surface area contributed by atoms with Gasteiger partial charge in [-0.1, -0.05) is 27.2 Å². The van der Waals surface area contributed by atoms with Crippen molar-refractivity contribution in [2.45, 2.75) is 52.5 Å². The first-order chi connectivity index (χ1) is 6.38. The second-order valence-electron chi connectivity index (χ2n) is 3.24. The van der Waals surface area contributed by atoms with Gasteiger partial charge in [0.15, 0.2) is 0 Å². The van der Waals surface area contributed by atoms with Crippen molar-refractivity contribution in [2.75, 3.05) is 13.1 Å². The second-order valence-corrected chi connectivity index (χ2v) is 3.24. The predicted octanol–water partition coefficient (Wildman–Crippen LogP) is 2.48. The number of carbonyl (C=O) groups excluding carboxylic acids is 1. The van der Waals surface area contributed by atoms with E-state index in [4.69, 9.17) is 0 Å². The fraction of sp³-hybridized carbons (Fsp3) is 0.909. The lowest BCUT2D eigenvalue weighted by Crippen LogP contribution is -2.40. The minimum atomic E-state index is 0.226. The van der Waals surface area contributed by atoms with Crippen LogP contribution in [0.5, 0.6) is 0 Å². The Labute approximate surface area is 82.3 Å². The van der Waals surface area contributed by atoms with Gasteiger partial charge in [-0.3, -0.25) is 4.90 Å². The molecule has 0 spiro atoms. The monoisotopic (exact) mass is 185 g/mol. The Hall–Kier alpha value is -0.370. The first-order valence-electron chi connectivity index (χ1n) is 5.58. The molecule has 0 bridgehead atoms. The van der Waals surface area contributed by atoms with E-state index in [0.29, 0.717) is 0 Å². The fourth-order valence-corrected chi connectivity index (χ4v) is 1.74. The third kappa shape index (κ3) is 4.41. The Morgan fingerprint density at radius 3 is 2.62 bits per heavy atom. The second kappa shape index (κ2) is 8.24. The number of nitrogens with zero attached hydrogens (tertiary/aromatic N) is 1. The third-order valence-corrected chi connectivity index (χ3v) is 2.33. The van der Waals surface area contributed by atoms with Crippen molar-refractivity contribution in [3.63, 3.8) is 0 Å². The molecule has 1 heterocycles. The molecule has 0 aromatic carbocycles. The Balaban J connectivity index is 0.000000671. The van der Waals surface area contributed by atoms with E-state index < -0.39 is 0 Å². The average molecular weight is 185 g/mol. The van der Waals surface area contributed by atoms with Crippen molar-refractivity contribution in [3.05, 3.63) is 0 Å². The Kier molecular flexibility index (Phi) is 8.00. The molecule has 1 saturated heterocycles. The number of hydrogen-bond donors (Lipinski definition) is 0. The summed E-state index contributed by atoms with van der Waals surface area (Å²) in [6.07, 6.45) is 5.83. The maximum Gasteiger partial charge on any atom is 0.137 e. The summed E-state index contributed by atoms with van der Waals surface area (Å²) in [7, 11) is 0. The van der Waals surface area contributed by atoms with Crippen LogP contribution in [-0.2, 0) is 4.79 Å². The number of carbonyl (C=O) groups is 1. The molecule has 2 heteroatoms. The fourth-order valence-electron chi connectivity index (χ4n) is 1.74. The van der Waals surface area contributed by atoms with Crippen LogP contribution in [0, 0.1) is 0 Å². The van der Waals surface area contributed by atoms with Crippen molar-refractivity contribution in [2.24, 2.45) is 0 Å². The van der Waals surface area contributed by atoms with Crippen LogP contribution in [0.25, 0.3) is 0 Å². The van der Waals surface area contributed by atoms with Crippen LogP contribution in [0.2, 0.25) is 0 Å². The molecule has 1 aliphatic rings. The third-order valence-electron chi connectivity index (χ3n) is 2.33. The number of hydrogen-bond acceptors (Lipinski definition) is 2. The quantitative estimate of drug-likeness (QED) is 0.630. The topological polar surface area (TPSA) is 20.3 Å². The van der Waals surface area contributed by atoms with E-state index in [1.165, 1.54) is 12.8 Å². The summed E-state index contributed by atoms with van der Waals surface area (Å²) in [5, 5.41) is 0. The molecule has 0 aliphatic carbocycles. The lowest BCUT2D eigenvalue weighted by molar-refractivity contribution is -0.113. The molecule has 0 radical (unpaired) electrons. The molecule has 1 rings (SSSR count). The first kappa shape index (κ1) is 12.6. The zero-order valence-electron chi connectivity index (χ0n) is 9.25. The summed E-state index contributed by atoms with van der Waals surface area (Å²) in [5.74, 6) is 0. The summed E-state index contributed by atoms with van der Waals surface area (Å²) < 4.78 is 0. The Morgan fingerprint density at radius 1 is 1.38 bits per heavy atom. The molecule has 1 fully saturated rings. The summed E-state index contributed by atoms with van der Waals surface area (Å²) in [6, 6.07) is 0.226. The molecular weight excluding hydrogens is 162 g/mol. The minimum Gasteiger partial charge on any atom is -0.302 e. The van der Waals surface area contributed by atoms with Crippen LogP contribution in [0.4, 0.5) is 0 Å². The zero-order valence-corrected chi connectivity index (χ0v) is 9.25. The number of piperidine rings is 1. The normalized spacial score (nSPS) is 23.2. The van der Waals surface area contributed by atoms with Crippen LogP contribution in [0.1, 0.15) is 46.5 Å². The van der Waals surface area contributed by atoms with E-state index in [1.54, 1.807) is 0 Å². The van der Waals surface area contributed by atoms with Gasteiger partial charge in [0.05, 0.1) is 6.04 Å². The molecular formula is C11H23NO. The molecule has 0 N–H and O–H groups in total. The van der Waals surface area contributed by atoms with E-state index in [9.17, 15) is 4.79 Å². The maximum absolute atomic E-state index is 10.6. The number of likely N-dealkylation sites (tertiary alicyclic amines) is 1. The van der Waals surface area contributed by atoms with E-state index in [0.717, 1.165) is 32.2 Å². The van der Waals surface area contributed by atoms with Gasteiger partial charge in [-0.05, 0) is 32.4 Å². The lowest BCUT2D eigenvalue weighted by Gasteiger charge is -2.31. The number of rotatable bonds is 3. The first-order valence-corrected chi connectivity index (χ1v) is 5.58. The van der Waals surface area contributed by atoms with Crippen molar-refractivity contribution in [3.8, 4) is 0 Å². The summed E-state index contributed by atoms with van der Waals surface area (Å²) >= 11 is 0. The highest BCUT2D eigenvalue weighted by Gasteiger charge is 2.19. The van der Waals surface area contributed by atoms with Gasteiger partial charge in [0.2, 0.25) is 0 Å². The molecule has 0 aromatic rings. The zero-order chi connectivity index (χ0) is 10.1. The van der Waals surface area contributed by atoms with Crippen molar-refractivity contribution in [1.82, 2.24) is 4.90 Å². The van der Waals surface area contributed by atoms with Crippen LogP contribution in [0.3, 0.4) is 0 Å². The summed E-state index contributed by atoms with van der Waals surface area (Å²) in [6.45, 7) is 8.37. The highest BCUT2D eigenvalue weighted by Crippen LogP contribution is 2.14. The predicted molar refractivity (Wildman–Crippen MR) is 56.9 cm³/mol. The summed E-state index contributed by atoms with van der Waals surface area (Å²) in [5.41, 5.74) is 0. The van der Waals surface area contributed by atoms with Gasteiger partial charge < -0.3 is 4.79 Å². The lowest BCUT2D eigenvalue weighted by atomic mass is 10.0. The van der Waals surface area contributed by atoms with Crippen LogP contribution in [-0.4, -0.2) is 30.3 Å². The maximum atomic E-state index is 10.6. The van der Waals surface area contributed by atoms with Gasteiger partial charge in [0.25, 0.3) is 0 Å². The number of aldehydes is 1. The van der Waals surface area contributed by atoms with Crippen LogP contribution in [0.15, 0.2) is 0 Å². The molecule has 0 amide bonds. The van der Waals surface area contributed by atoms with E-state index >= 15 is 0 Å². The van der Waals surface area contributed by atoms with Crippen molar-refractivity contribution < 1.29 is 4.79 Å². The molecule has 78 valence electrons. The van der Waals surface area contributed by atoms with Gasteiger partial charge >= 0.3 is 0 Å².